The topological polar surface area (TPSA) is 49.3 Å². The normalized spacial score (nSPS) is 35.6. The van der Waals surface area contributed by atoms with Gasteiger partial charge in [0, 0.05) is 36.6 Å². The molecule has 1 aromatic heterocycles. The SMILES string of the molecule is NC12CCCC3N(CCC4(c5ccccc5)CCN(C(=O)c5ccsc5)CC4)C31CC2. The molecule has 4 unspecified atom stereocenters. The van der Waals surface area contributed by atoms with E-state index in [9.17, 15) is 4.79 Å². The molecular weight excluding hydrogens is 402 g/mol. The minimum absolute atomic E-state index is 0.0894. The number of carbonyl (C=O) groups is 1. The van der Waals surface area contributed by atoms with Crippen LogP contribution in [0.2, 0.25) is 0 Å². The van der Waals surface area contributed by atoms with Crippen molar-refractivity contribution in [2.24, 2.45) is 5.73 Å². The van der Waals surface area contributed by atoms with Gasteiger partial charge in [0.05, 0.1) is 11.1 Å². The summed E-state index contributed by atoms with van der Waals surface area (Å²) in [4.78, 5) is 17.7. The van der Waals surface area contributed by atoms with E-state index >= 15 is 0 Å². The molecule has 31 heavy (non-hydrogen) atoms. The number of carbonyl (C=O) groups excluding carboxylic acids is 1. The molecule has 0 bridgehead atoms. The molecule has 1 spiro atoms. The summed E-state index contributed by atoms with van der Waals surface area (Å²) in [7, 11) is 0. The summed E-state index contributed by atoms with van der Waals surface area (Å²) >= 11 is 1.60. The van der Waals surface area contributed by atoms with Crippen LogP contribution in [0.25, 0.3) is 0 Å². The Morgan fingerprint density at radius 3 is 2.52 bits per heavy atom. The van der Waals surface area contributed by atoms with Gasteiger partial charge in [-0.3, -0.25) is 9.69 Å². The second kappa shape index (κ2) is 7.16. The van der Waals surface area contributed by atoms with Crippen LogP contribution in [-0.4, -0.2) is 52.5 Å². The highest BCUT2D eigenvalue weighted by Crippen LogP contribution is 2.65. The molecule has 3 heterocycles. The van der Waals surface area contributed by atoms with Crippen LogP contribution in [0.15, 0.2) is 47.2 Å². The van der Waals surface area contributed by atoms with Crippen molar-refractivity contribution in [2.45, 2.75) is 73.9 Å². The molecule has 1 amide bonds. The summed E-state index contributed by atoms with van der Waals surface area (Å²) in [6.07, 6.45) is 9.62. The number of piperidine rings is 1. The van der Waals surface area contributed by atoms with Crippen LogP contribution in [-0.2, 0) is 5.41 Å². The first-order chi connectivity index (χ1) is 15.1. The lowest BCUT2D eigenvalue weighted by atomic mass is 9.59. The fourth-order valence-corrected chi connectivity index (χ4v) is 7.93. The van der Waals surface area contributed by atoms with E-state index in [4.69, 9.17) is 5.73 Å². The lowest BCUT2D eigenvalue weighted by Crippen LogP contribution is -2.65. The lowest BCUT2D eigenvalue weighted by Gasteiger charge is -2.51. The highest BCUT2D eigenvalue weighted by atomic mass is 32.1. The fourth-order valence-electron chi connectivity index (χ4n) is 7.30. The molecule has 4 aliphatic rings. The Balaban J connectivity index is 1.19. The van der Waals surface area contributed by atoms with Gasteiger partial charge in [-0.1, -0.05) is 30.3 Å². The van der Waals surface area contributed by atoms with Crippen molar-refractivity contribution in [1.82, 2.24) is 9.80 Å². The highest BCUT2D eigenvalue weighted by molar-refractivity contribution is 7.08. The maximum atomic E-state index is 12.9. The predicted octanol–water partition coefficient (Wildman–Crippen LogP) is 4.41. The molecule has 0 radical (unpaired) electrons. The Hall–Kier alpha value is -1.69. The summed E-state index contributed by atoms with van der Waals surface area (Å²) in [5.74, 6) is 0.196. The molecule has 2 aromatic rings. The number of amides is 1. The Bertz CT molecular complexity index is 952. The second-order valence-corrected chi connectivity index (χ2v) is 11.2. The van der Waals surface area contributed by atoms with Crippen molar-refractivity contribution in [2.75, 3.05) is 19.6 Å². The molecule has 4 atom stereocenters. The van der Waals surface area contributed by atoms with Gasteiger partial charge in [0.25, 0.3) is 5.91 Å². The number of rotatable bonds is 5. The lowest BCUT2D eigenvalue weighted by molar-refractivity contribution is 0.0641. The molecular formula is C26H33N3OS. The van der Waals surface area contributed by atoms with Crippen molar-refractivity contribution >= 4 is 17.2 Å². The van der Waals surface area contributed by atoms with Gasteiger partial charge in [-0.05, 0) is 73.8 Å². The molecule has 2 N–H and O–H groups in total. The quantitative estimate of drug-likeness (QED) is 0.708. The van der Waals surface area contributed by atoms with Gasteiger partial charge < -0.3 is 10.6 Å². The van der Waals surface area contributed by atoms with Crippen molar-refractivity contribution in [1.29, 1.82) is 0 Å². The summed E-state index contributed by atoms with van der Waals surface area (Å²) in [5.41, 5.74) is 9.72. The minimum Gasteiger partial charge on any atom is -0.339 e. The Morgan fingerprint density at radius 2 is 1.87 bits per heavy atom. The summed E-state index contributed by atoms with van der Waals surface area (Å²) < 4.78 is 0. The third-order valence-corrected chi connectivity index (χ3v) is 9.96. The number of nitrogens with zero attached hydrogens (tertiary/aromatic N) is 2. The number of likely N-dealkylation sites (tertiary alicyclic amines) is 2. The Labute approximate surface area is 189 Å². The maximum Gasteiger partial charge on any atom is 0.254 e. The Morgan fingerprint density at radius 1 is 1.06 bits per heavy atom. The molecule has 2 saturated carbocycles. The molecule has 2 saturated heterocycles. The zero-order chi connectivity index (χ0) is 21.1. The van der Waals surface area contributed by atoms with Gasteiger partial charge >= 0.3 is 0 Å². The van der Waals surface area contributed by atoms with Crippen molar-refractivity contribution in [3.8, 4) is 0 Å². The number of thiophene rings is 1. The zero-order valence-corrected chi connectivity index (χ0v) is 19.1. The van der Waals surface area contributed by atoms with E-state index in [1.54, 1.807) is 11.3 Å². The van der Waals surface area contributed by atoms with E-state index in [2.05, 4.69) is 40.1 Å². The van der Waals surface area contributed by atoms with E-state index in [-0.39, 0.29) is 16.9 Å². The molecule has 2 aliphatic carbocycles. The van der Waals surface area contributed by atoms with Crippen molar-refractivity contribution in [3.05, 3.63) is 58.3 Å². The van der Waals surface area contributed by atoms with Crippen LogP contribution < -0.4 is 5.73 Å². The average Bonchev–Trinajstić information content (AvgIpc) is 3.18. The molecule has 2 aliphatic heterocycles. The van der Waals surface area contributed by atoms with Gasteiger partial charge in [-0.15, -0.1) is 0 Å². The molecule has 164 valence electrons. The minimum atomic E-state index is 0.0894. The first-order valence-corrected chi connectivity index (χ1v) is 13.0. The predicted molar refractivity (Wildman–Crippen MR) is 125 cm³/mol. The van der Waals surface area contributed by atoms with Crippen LogP contribution in [0.5, 0.6) is 0 Å². The summed E-state index contributed by atoms with van der Waals surface area (Å²) in [5, 5.41) is 3.97. The van der Waals surface area contributed by atoms with Gasteiger partial charge in [0.1, 0.15) is 0 Å². The number of nitrogens with two attached hydrogens (primary N) is 1. The van der Waals surface area contributed by atoms with Gasteiger partial charge in [-0.25, -0.2) is 0 Å². The van der Waals surface area contributed by atoms with E-state index in [1.807, 2.05) is 16.8 Å². The molecule has 4 nitrogen and oxygen atoms in total. The van der Waals surface area contributed by atoms with Crippen molar-refractivity contribution in [3.63, 3.8) is 0 Å². The first kappa shape index (κ1) is 20.0. The smallest absolute Gasteiger partial charge is 0.254 e. The molecule has 4 fully saturated rings. The van der Waals surface area contributed by atoms with E-state index in [0.717, 1.165) is 44.1 Å². The van der Waals surface area contributed by atoms with Gasteiger partial charge in [0.2, 0.25) is 0 Å². The van der Waals surface area contributed by atoms with Crippen LogP contribution in [0.3, 0.4) is 0 Å². The third kappa shape index (κ3) is 2.89. The number of hydrogen-bond donors (Lipinski definition) is 1. The highest BCUT2D eigenvalue weighted by Gasteiger charge is 2.76. The number of hydrogen-bond acceptors (Lipinski definition) is 4. The zero-order valence-electron chi connectivity index (χ0n) is 18.3. The summed E-state index contributed by atoms with van der Waals surface area (Å²) in [6.45, 7) is 2.84. The largest absolute Gasteiger partial charge is 0.339 e. The van der Waals surface area contributed by atoms with Crippen LogP contribution in [0.1, 0.15) is 67.3 Å². The second-order valence-electron chi connectivity index (χ2n) is 10.4. The monoisotopic (exact) mass is 435 g/mol. The van der Waals surface area contributed by atoms with Gasteiger partial charge in [-0.2, -0.15) is 11.3 Å². The Kier molecular flexibility index (Phi) is 4.61. The van der Waals surface area contributed by atoms with Crippen molar-refractivity contribution < 1.29 is 4.79 Å². The molecule has 6 rings (SSSR count). The average molecular weight is 436 g/mol. The van der Waals surface area contributed by atoms with E-state index in [1.165, 1.54) is 44.1 Å². The van der Waals surface area contributed by atoms with E-state index < -0.39 is 0 Å². The molecule has 1 aromatic carbocycles. The van der Waals surface area contributed by atoms with Crippen LogP contribution in [0.4, 0.5) is 0 Å². The molecule has 5 heteroatoms. The van der Waals surface area contributed by atoms with Crippen LogP contribution >= 0.6 is 11.3 Å². The first-order valence-electron chi connectivity index (χ1n) is 12.0. The maximum absolute atomic E-state index is 12.9. The number of benzene rings is 1. The van der Waals surface area contributed by atoms with E-state index in [0.29, 0.717) is 5.54 Å². The third-order valence-electron chi connectivity index (χ3n) is 9.28. The van der Waals surface area contributed by atoms with Gasteiger partial charge in [0.15, 0.2) is 0 Å². The standard InChI is InChI=1S/C26H33N3OS/c27-25-9-4-7-22-26(25,11-10-25)29(22)17-14-24(21-5-2-1-3-6-21)12-15-28(16-13-24)23(30)20-8-18-31-19-20/h1-3,5-6,8,18-19,22H,4,7,9-17,27H2. The fraction of sp³-hybridized carbons (Fsp3) is 0.577. The summed E-state index contributed by atoms with van der Waals surface area (Å²) in [6, 6.07) is 13.8. The van der Waals surface area contributed by atoms with Crippen LogP contribution in [0, 0.1) is 0 Å².